The molecule has 3 nitrogen and oxygen atoms in total. The predicted molar refractivity (Wildman–Crippen MR) is 64.5 cm³/mol. The van der Waals surface area contributed by atoms with Gasteiger partial charge in [-0.2, -0.15) is 0 Å². The Bertz CT molecular complexity index is 180. The van der Waals surface area contributed by atoms with Gasteiger partial charge in [-0.3, -0.25) is 0 Å². The quantitative estimate of drug-likeness (QED) is 0.761. The Morgan fingerprint density at radius 3 is 2.38 bits per heavy atom. The van der Waals surface area contributed by atoms with E-state index in [9.17, 15) is 5.11 Å². The summed E-state index contributed by atoms with van der Waals surface area (Å²) in [6.45, 7) is 8.44. The molecule has 1 aliphatic rings. The third-order valence-corrected chi connectivity index (χ3v) is 3.40. The summed E-state index contributed by atoms with van der Waals surface area (Å²) in [5, 5.41) is 10.3. The highest BCUT2D eigenvalue weighted by molar-refractivity contribution is 4.90. The zero-order valence-corrected chi connectivity index (χ0v) is 10.9. The lowest BCUT2D eigenvalue weighted by Crippen LogP contribution is -2.49. The van der Waals surface area contributed by atoms with E-state index in [1.54, 1.807) is 0 Å². The van der Waals surface area contributed by atoms with E-state index >= 15 is 0 Å². The van der Waals surface area contributed by atoms with Gasteiger partial charge in [0.05, 0.1) is 11.7 Å². The predicted octanol–water partition coefficient (Wildman–Crippen LogP) is 2.37. The molecule has 1 rings (SSSR count). The molecule has 0 aliphatic carbocycles. The lowest BCUT2D eigenvalue weighted by molar-refractivity contribution is -0.167. The molecule has 0 aromatic carbocycles. The second-order valence-corrected chi connectivity index (χ2v) is 5.10. The molecule has 3 heteroatoms. The molecular weight excluding hydrogens is 204 g/mol. The summed E-state index contributed by atoms with van der Waals surface area (Å²) in [5.74, 6) is 0.633. The van der Waals surface area contributed by atoms with Crippen LogP contribution in [-0.4, -0.2) is 36.6 Å². The van der Waals surface area contributed by atoms with E-state index in [0.717, 1.165) is 25.7 Å². The Hall–Kier alpha value is -0.120. The molecule has 0 spiro atoms. The minimum atomic E-state index is -0.348. The Kier molecular flexibility index (Phi) is 5.73. The van der Waals surface area contributed by atoms with Crippen molar-refractivity contribution in [2.75, 3.05) is 19.8 Å². The van der Waals surface area contributed by atoms with Crippen LogP contribution in [0.15, 0.2) is 0 Å². The van der Waals surface area contributed by atoms with Gasteiger partial charge in [0.25, 0.3) is 0 Å². The zero-order chi connectivity index (χ0) is 12.0. The Morgan fingerprint density at radius 2 is 1.88 bits per heavy atom. The Morgan fingerprint density at radius 1 is 1.25 bits per heavy atom. The van der Waals surface area contributed by atoms with E-state index < -0.39 is 0 Å². The van der Waals surface area contributed by atoms with Gasteiger partial charge >= 0.3 is 0 Å². The highest BCUT2D eigenvalue weighted by Gasteiger charge is 2.39. The Labute approximate surface area is 99.1 Å². The van der Waals surface area contributed by atoms with Gasteiger partial charge in [0, 0.05) is 32.7 Å². The van der Waals surface area contributed by atoms with Gasteiger partial charge in [-0.1, -0.05) is 13.8 Å². The maximum Gasteiger partial charge on any atom is 0.0983 e. The minimum absolute atomic E-state index is 0.345. The minimum Gasteiger partial charge on any atom is -0.390 e. The van der Waals surface area contributed by atoms with Crippen LogP contribution in [0.3, 0.4) is 0 Å². The zero-order valence-electron chi connectivity index (χ0n) is 10.9. The van der Waals surface area contributed by atoms with Crippen LogP contribution in [0.25, 0.3) is 0 Å². The van der Waals surface area contributed by atoms with E-state index in [2.05, 4.69) is 13.8 Å². The van der Waals surface area contributed by atoms with E-state index in [1.807, 2.05) is 6.92 Å². The summed E-state index contributed by atoms with van der Waals surface area (Å²) in [5.41, 5.74) is -0.345. The molecule has 96 valence electrons. The first kappa shape index (κ1) is 13.9. The van der Waals surface area contributed by atoms with Gasteiger partial charge in [0.2, 0.25) is 0 Å². The monoisotopic (exact) mass is 230 g/mol. The van der Waals surface area contributed by atoms with Crippen molar-refractivity contribution in [2.45, 2.75) is 58.2 Å². The van der Waals surface area contributed by atoms with Crippen LogP contribution in [0.5, 0.6) is 0 Å². The molecule has 1 unspecified atom stereocenters. The van der Waals surface area contributed by atoms with Crippen LogP contribution < -0.4 is 0 Å². The fourth-order valence-electron chi connectivity index (χ4n) is 2.33. The molecule has 0 aromatic heterocycles. The molecule has 1 fully saturated rings. The highest BCUT2D eigenvalue weighted by Crippen LogP contribution is 2.31. The SMILES string of the molecule is CCOC1(C(O)CCC(C)C)CCOCC1. The number of aliphatic hydroxyl groups excluding tert-OH is 1. The Balaban J connectivity index is 2.53. The van der Waals surface area contributed by atoms with Crippen molar-refractivity contribution in [3.8, 4) is 0 Å². The number of ether oxygens (including phenoxy) is 2. The molecule has 1 atom stereocenters. The molecule has 0 bridgehead atoms. The average Bonchev–Trinajstić information content (AvgIpc) is 2.27. The number of rotatable bonds is 6. The van der Waals surface area contributed by atoms with Crippen molar-refractivity contribution >= 4 is 0 Å². The van der Waals surface area contributed by atoms with E-state index in [-0.39, 0.29) is 11.7 Å². The van der Waals surface area contributed by atoms with Crippen LogP contribution in [0.2, 0.25) is 0 Å². The second-order valence-electron chi connectivity index (χ2n) is 5.10. The molecule has 1 N–H and O–H groups in total. The lowest BCUT2D eigenvalue weighted by Gasteiger charge is -2.40. The fraction of sp³-hybridized carbons (Fsp3) is 1.00. The molecule has 1 saturated heterocycles. The van der Waals surface area contributed by atoms with Crippen LogP contribution in [-0.2, 0) is 9.47 Å². The smallest absolute Gasteiger partial charge is 0.0983 e. The topological polar surface area (TPSA) is 38.7 Å². The van der Waals surface area contributed by atoms with Crippen LogP contribution in [0.1, 0.15) is 46.5 Å². The van der Waals surface area contributed by atoms with Crippen LogP contribution in [0, 0.1) is 5.92 Å². The maximum atomic E-state index is 10.3. The van der Waals surface area contributed by atoms with E-state index in [4.69, 9.17) is 9.47 Å². The average molecular weight is 230 g/mol. The van der Waals surface area contributed by atoms with Crippen molar-refractivity contribution < 1.29 is 14.6 Å². The molecule has 0 amide bonds. The van der Waals surface area contributed by atoms with Gasteiger partial charge in [0.1, 0.15) is 0 Å². The first-order valence-electron chi connectivity index (χ1n) is 6.50. The molecule has 1 aliphatic heterocycles. The third kappa shape index (κ3) is 3.72. The van der Waals surface area contributed by atoms with E-state index in [0.29, 0.717) is 25.7 Å². The summed E-state index contributed by atoms with van der Waals surface area (Å²) >= 11 is 0. The number of hydrogen-bond donors (Lipinski definition) is 1. The molecule has 16 heavy (non-hydrogen) atoms. The number of aliphatic hydroxyl groups is 1. The summed E-state index contributed by atoms with van der Waals surface area (Å²) in [7, 11) is 0. The van der Waals surface area contributed by atoms with Gasteiger partial charge in [-0.15, -0.1) is 0 Å². The van der Waals surface area contributed by atoms with Gasteiger partial charge in [-0.25, -0.2) is 0 Å². The van der Waals surface area contributed by atoms with Crippen molar-refractivity contribution in [1.29, 1.82) is 0 Å². The summed E-state index contributed by atoms with van der Waals surface area (Å²) in [6, 6.07) is 0. The van der Waals surface area contributed by atoms with Crippen LogP contribution in [0.4, 0.5) is 0 Å². The largest absolute Gasteiger partial charge is 0.390 e. The second kappa shape index (κ2) is 6.58. The first-order valence-corrected chi connectivity index (χ1v) is 6.50. The van der Waals surface area contributed by atoms with Crippen molar-refractivity contribution in [1.82, 2.24) is 0 Å². The molecule has 1 heterocycles. The van der Waals surface area contributed by atoms with Crippen LogP contribution >= 0.6 is 0 Å². The highest BCUT2D eigenvalue weighted by atomic mass is 16.5. The summed E-state index contributed by atoms with van der Waals surface area (Å²) in [4.78, 5) is 0. The molecule has 0 saturated carbocycles. The summed E-state index contributed by atoms with van der Waals surface area (Å²) < 4.78 is 11.2. The normalized spacial score (nSPS) is 22.3. The standard InChI is InChI=1S/C13H26O3/c1-4-16-13(7-9-15-10-8-13)12(14)6-5-11(2)3/h11-12,14H,4-10H2,1-3H3. The van der Waals surface area contributed by atoms with Crippen molar-refractivity contribution in [2.24, 2.45) is 5.92 Å². The first-order chi connectivity index (χ1) is 7.60. The van der Waals surface area contributed by atoms with E-state index in [1.165, 1.54) is 0 Å². The molecule has 0 radical (unpaired) electrons. The lowest BCUT2D eigenvalue weighted by atomic mass is 9.84. The fourth-order valence-corrected chi connectivity index (χ4v) is 2.33. The maximum absolute atomic E-state index is 10.3. The van der Waals surface area contributed by atoms with Gasteiger partial charge in [-0.05, 0) is 25.7 Å². The molecule has 0 aromatic rings. The molecular formula is C13H26O3. The third-order valence-electron chi connectivity index (χ3n) is 3.40. The van der Waals surface area contributed by atoms with Crippen molar-refractivity contribution in [3.63, 3.8) is 0 Å². The van der Waals surface area contributed by atoms with Gasteiger partial charge < -0.3 is 14.6 Å². The summed E-state index contributed by atoms with van der Waals surface area (Å²) in [6.07, 6.45) is 3.17. The van der Waals surface area contributed by atoms with Gasteiger partial charge in [0.15, 0.2) is 0 Å². The van der Waals surface area contributed by atoms with Crippen molar-refractivity contribution in [3.05, 3.63) is 0 Å². The number of hydrogen-bond acceptors (Lipinski definition) is 3.